The minimum Gasteiger partial charge on any atom is -0.480 e. The van der Waals surface area contributed by atoms with Gasteiger partial charge in [-0.25, -0.2) is 9.59 Å². The summed E-state index contributed by atoms with van der Waals surface area (Å²) >= 11 is 0. The lowest BCUT2D eigenvalue weighted by molar-refractivity contribution is -0.139. The van der Waals surface area contributed by atoms with Crippen molar-refractivity contribution >= 4 is 12.0 Å². The number of carbonyl (C=O) groups is 2. The van der Waals surface area contributed by atoms with E-state index in [-0.39, 0.29) is 11.8 Å². The van der Waals surface area contributed by atoms with Crippen LogP contribution in [-0.4, -0.2) is 29.7 Å². The summed E-state index contributed by atoms with van der Waals surface area (Å²) < 4.78 is 0. The van der Waals surface area contributed by atoms with Crippen molar-refractivity contribution in [1.82, 2.24) is 10.6 Å². The van der Waals surface area contributed by atoms with E-state index in [4.69, 9.17) is 11.5 Å². The van der Waals surface area contributed by atoms with E-state index in [0.29, 0.717) is 6.54 Å². The summed E-state index contributed by atoms with van der Waals surface area (Å²) in [6.45, 7) is 2.70. The van der Waals surface area contributed by atoms with Gasteiger partial charge in [0.2, 0.25) is 0 Å². The Morgan fingerprint density at radius 1 is 1.50 bits per heavy atom. The monoisotopic (exact) mass is 252 g/mol. The Morgan fingerprint density at radius 3 is 2.56 bits per heavy atom. The van der Waals surface area contributed by atoms with E-state index in [1.54, 1.807) is 0 Å². The Morgan fingerprint density at radius 2 is 2.17 bits per heavy atom. The highest BCUT2D eigenvalue weighted by atomic mass is 16.4. The van der Waals surface area contributed by atoms with Crippen molar-refractivity contribution in [2.45, 2.75) is 45.1 Å². The average Bonchev–Trinajstić information content (AvgIpc) is 2.27. The first kappa shape index (κ1) is 14.4. The highest BCUT2D eigenvalue weighted by molar-refractivity contribution is 5.82. The molecular formula is C13H20N2O3. The summed E-state index contributed by atoms with van der Waals surface area (Å²) in [4.78, 5) is 22.4. The summed E-state index contributed by atoms with van der Waals surface area (Å²) in [6, 6.07) is -1.48. The van der Waals surface area contributed by atoms with Crippen LogP contribution in [0.2, 0.25) is 0 Å². The molecule has 3 N–H and O–H groups in total. The van der Waals surface area contributed by atoms with Gasteiger partial charge in [-0.2, -0.15) is 0 Å². The highest BCUT2D eigenvalue weighted by Crippen LogP contribution is 2.42. The van der Waals surface area contributed by atoms with E-state index >= 15 is 0 Å². The molecule has 0 radical (unpaired) electrons. The normalized spacial score (nSPS) is 18.0. The zero-order valence-electron chi connectivity index (χ0n) is 10.7. The molecule has 0 aromatic rings. The van der Waals surface area contributed by atoms with Gasteiger partial charge in [-0.15, -0.1) is 12.3 Å². The summed E-state index contributed by atoms with van der Waals surface area (Å²) in [6.07, 6.45) is 9.51. The molecule has 0 aliphatic heterocycles. The van der Waals surface area contributed by atoms with Crippen molar-refractivity contribution in [3.63, 3.8) is 0 Å². The zero-order chi connectivity index (χ0) is 13.6. The molecular weight excluding hydrogens is 232 g/mol. The number of terminal acetylenes is 1. The van der Waals surface area contributed by atoms with E-state index in [2.05, 4.69) is 23.5 Å². The molecule has 18 heavy (non-hydrogen) atoms. The molecule has 1 unspecified atom stereocenters. The number of carbonyl (C=O) groups excluding carboxylic acids is 1. The minimum atomic E-state index is -1.11. The Kier molecular flexibility index (Phi) is 5.02. The van der Waals surface area contributed by atoms with E-state index in [1.807, 2.05) is 0 Å². The Labute approximate surface area is 107 Å². The SMILES string of the molecule is C#CCC(NC(=O)NCC1(CC)CCC1)C(=O)O. The second-order valence-corrected chi connectivity index (χ2v) is 4.83. The summed E-state index contributed by atoms with van der Waals surface area (Å²) in [5.41, 5.74) is 0.210. The number of hydrogen-bond donors (Lipinski definition) is 3. The number of amides is 2. The van der Waals surface area contributed by atoms with Crippen molar-refractivity contribution in [3.05, 3.63) is 0 Å². The maximum atomic E-state index is 11.6. The second kappa shape index (κ2) is 6.29. The highest BCUT2D eigenvalue weighted by Gasteiger charge is 2.35. The van der Waals surface area contributed by atoms with Crippen molar-refractivity contribution < 1.29 is 14.7 Å². The number of hydrogen-bond acceptors (Lipinski definition) is 2. The molecule has 1 aliphatic carbocycles. The molecule has 0 aromatic carbocycles. The van der Waals surface area contributed by atoms with Gasteiger partial charge in [0.05, 0.1) is 0 Å². The van der Waals surface area contributed by atoms with Crippen molar-refractivity contribution in [2.24, 2.45) is 5.41 Å². The lowest BCUT2D eigenvalue weighted by atomic mass is 9.67. The molecule has 1 aliphatic rings. The molecule has 1 saturated carbocycles. The van der Waals surface area contributed by atoms with Gasteiger partial charge >= 0.3 is 12.0 Å². The molecule has 0 heterocycles. The fourth-order valence-electron chi connectivity index (χ4n) is 2.13. The van der Waals surface area contributed by atoms with E-state index in [9.17, 15) is 9.59 Å². The number of rotatable bonds is 6. The van der Waals surface area contributed by atoms with Crippen LogP contribution in [0.1, 0.15) is 39.0 Å². The lowest BCUT2D eigenvalue weighted by Crippen LogP contribution is -2.49. The van der Waals surface area contributed by atoms with Gasteiger partial charge in [0.1, 0.15) is 6.04 Å². The number of nitrogens with one attached hydrogen (secondary N) is 2. The van der Waals surface area contributed by atoms with Gasteiger partial charge < -0.3 is 15.7 Å². The molecule has 100 valence electrons. The number of aliphatic carboxylic acids is 1. The van der Waals surface area contributed by atoms with Crippen molar-refractivity contribution in [3.8, 4) is 12.3 Å². The van der Waals surface area contributed by atoms with Gasteiger partial charge in [0.15, 0.2) is 0 Å². The molecule has 0 bridgehead atoms. The summed E-state index contributed by atoms with van der Waals surface area (Å²) in [7, 11) is 0. The summed E-state index contributed by atoms with van der Waals surface area (Å²) in [5.74, 6) is 1.12. The predicted molar refractivity (Wildman–Crippen MR) is 68.0 cm³/mol. The van der Waals surface area contributed by atoms with Gasteiger partial charge in [-0.3, -0.25) is 0 Å². The number of carboxylic acids is 1. The Bertz CT molecular complexity index is 350. The summed E-state index contributed by atoms with van der Waals surface area (Å²) in [5, 5.41) is 14.0. The zero-order valence-corrected chi connectivity index (χ0v) is 10.7. The smallest absolute Gasteiger partial charge is 0.327 e. The first-order valence-corrected chi connectivity index (χ1v) is 6.23. The molecule has 5 heteroatoms. The third-order valence-corrected chi connectivity index (χ3v) is 3.71. The molecule has 5 nitrogen and oxygen atoms in total. The lowest BCUT2D eigenvalue weighted by Gasteiger charge is -2.41. The van der Waals surface area contributed by atoms with Crippen molar-refractivity contribution in [2.75, 3.05) is 6.54 Å². The van der Waals surface area contributed by atoms with Crippen LogP contribution in [0.4, 0.5) is 4.79 Å². The van der Waals surface area contributed by atoms with E-state index in [1.165, 1.54) is 6.42 Å². The number of carboxylic acid groups (broad SMARTS) is 1. The van der Waals surface area contributed by atoms with E-state index in [0.717, 1.165) is 19.3 Å². The van der Waals surface area contributed by atoms with E-state index < -0.39 is 18.0 Å². The minimum absolute atomic E-state index is 0.0122. The van der Waals surface area contributed by atoms with Crippen LogP contribution in [0.5, 0.6) is 0 Å². The van der Waals surface area contributed by atoms with Crippen LogP contribution >= 0.6 is 0 Å². The van der Waals surface area contributed by atoms with Gasteiger partial charge in [-0.1, -0.05) is 13.3 Å². The molecule has 1 rings (SSSR count). The van der Waals surface area contributed by atoms with Gasteiger partial charge in [-0.05, 0) is 24.7 Å². The van der Waals surface area contributed by atoms with Crippen LogP contribution in [0.3, 0.4) is 0 Å². The Hall–Kier alpha value is -1.70. The van der Waals surface area contributed by atoms with Gasteiger partial charge in [0.25, 0.3) is 0 Å². The van der Waals surface area contributed by atoms with Crippen molar-refractivity contribution in [1.29, 1.82) is 0 Å². The first-order chi connectivity index (χ1) is 8.53. The fourth-order valence-corrected chi connectivity index (χ4v) is 2.13. The van der Waals surface area contributed by atoms with Crippen LogP contribution in [0.15, 0.2) is 0 Å². The molecule has 0 saturated heterocycles. The maximum Gasteiger partial charge on any atom is 0.327 e. The van der Waals surface area contributed by atoms with Gasteiger partial charge in [0, 0.05) is 13.0 Å². The predicted octanol–water partition coefficient (Wildman–Crippen LogP) is 1.34. The van der Waals surface area contributed by atoms with Crippen LogP contribution < -0.4 is 10.6 Å². The van der Waals surface area contributed by atoms with Crippen LogP contribution in [0.25, 0.3) is 0 Å². The molecule has 0 spiro atoms. The largest absolute Gasteiger partial charge is 0.480 e. The molecule has 0 aromatic heterocycles. The average molecular weight is 252 g/mol. The molecule has 2 amide bonds. The third-order valence-electron chi connectivity index (χ3n) is 3.71. The Balaban J connectivity index is 2.36. The number of urea groups is 1. The standard InChI is InChI=1S/C13H20N2O3/c1-3-6-10(11(16)17)15-12(18)14-9-13(4-2)7-5-8-13/h1,10H,4-9H2,2H3,(H,16,17)(H2,14,15,18). The topological polar surface area (TPSA) is 78.4 Å². The maximum absolute atomic E-state index is 11.6. The first-order valence-electron chi connectivity index (χ1n) is 6.23. The fraction of sp³-hybridized carbons (Fsp3) is 0.692. The third kappa shape index (κ3) is 3.66. The quantitative estimate of drug-likeness (QED) is 0.624. The molecule has 1 fully saturated rings. The van der Waals surface area contributed by atoms with Crippen LogP contribution in [-0.2, 0) is 4.79 Å². The van der Waals surface area contributed by atoms with Crippen LogP contribution in [0, 0.1) is 17.8 Å². The molecule has 1 atom stereocenters. The second-order valence-electron chi connectivity index (χ2n) is 4.83.